The SMILES string of the molecule is CC.Nc1ccc(Oc2ncnc3c2ncn3C2CCCCO2)cc1. The number of fused-ring (bicyclic) bond motifs is 1. The van der Waals surface area contributed by atoms with Crippen molar-refractivity contribution in [3.05, 3.63) is 36.9 Å². The van der Waals surface area contributed by atoms with Crippen LogP contribution < -0.4 is 10.5 Å². The lowest BCUT2D eigenvalue weighted by Crippen LogP contribution is -2.17. The van der Waals surface area contributed by atoms with E-state index in [-0.39, 0.29) is 6.23 Å². The predicted molar refractivity (Wildman–Crippen MR) is 96.4 cm³/mol. The maximum atomic E-state index is 5.82. The molecule has 0 spiro atoms. The van der Waals surface area contributed by atoms with E-state index in [1.165, 1.54) is 6.33 Å². The first kappa shape index (κ1) is 17.2. The van der Waals surface area contributed by atoms with E-state index in [4.69, 9.17) is 15.2 Å². The summed E-state index contributed by atoms with van der Waals surface area (Å²) in [6.07, 6.45) is 6.41. The van der Waals surface area contributed by atoms with Crippen LogP contribution in [0.5, 0.6) is 11.6 Å². The average molecular weight is 341 g/mol. The molecule has 1 atom stereocenters. The molecule has 1 unspecified atom stereocenters. The van der Waals surface area contributed by atoms with Crippen molar-refractivity contribution >= 4 is 16.9 Å². The lowest BCUT2D eigenvalue weighted by atomic mass is 10.2. The van der Waals surface area contributed by atoms with Gasteiger partial charge in [0.15, 0.2) is 11.2 Å². The summed E-state index contributed by atoms with van der Waals surface area (Å²) in [7, 11) is 0. The Morgan fingerprint density at radius 1 is 1.12 bits per heavy atom. The molecule has 7 nitrogen and oxygen atoms in total. The van der Waals surface area contributed by atoms with Gasteiger partial charge in [-0.1, -0.05) is 13.8 Å². The number of benzene rings is 1. The number of nitrogen functional groups attached to an aromatic ring is 1. The molecule has 3 aromatic rings. The number of nitrogens with zero attached hydrogens (tertiary/aromatic N) is 4. The Morgan fingerprint density at radius 2 is 1.92 bits per heavy atom. The highest BCUT2D eigenvalue weighted by molar-refractivity contribution is 5.76. The van der Waals surface area contributed by atoms with E-state index < -0.39 is 0 Å². The summed E-state index contributed by atoms with van der Waals surface area (Å²) in [5, 5.41) is 0. The minimum absolute atomic E-state index is 0.0203. The molecule has 1 aliphatic heterocycles. The molecule has 0 saturated carbocycles. The summed E-state index contributed by atoms with van der Waals surface area (Å²) < 4.78 is 13.6. The van der Waals surface area contributed by atoms with Crippen molar-refractivity contribution in [2.45, 2.75) is 39.3 Å². The molecule has 4 rings (SSSR count). The fourth-order valence-electron chi connectivity index (χ4n) is 2.71. The molecule has 0 radical (unpaired) electrons. The second kappa shape index (κ2) is 7.94. The van der Waals surface area contributed by atoms with Crippen LogP contribution >= 0.6 is 0 Å². The van der Waals surface area contributed by atoms with Crippen LogP contribution in [0.25, 0.3) is 11.2 Å². The van der Waals surface area contributed by atoms with Gasteiger partial charge in [0.25, 0.3) is 5.88 Å². The first-order chi connectivity index (χ1) is 12.3. The summed E-state index contributed by atoms with van der Waals surface area (Å²) in [5.41, 5.74) is 7.71. The summed E-state index contributed by atoms with van der Waals surface area (Å²) in [6.45, 7) is 4.77. The van der Waals surface area contributed by atoms with Crippen LogP contribution in [-0.4, -0.2) is 26.1 Å². The molecule has 2 N–H and O–H groups in total. The van der Waals surface area contributed by atoms with Crippen LogP contribution in [-0.2, 0) is 4.74 Å². The molecule has 2 aromatic heterocycles. The van der Waals surface area contributed by atoms with Gasteiger partial charge in [-0.25, -0.2) is 9.97 Å². The third-order valence-corrected chi connectivity index (χ3v) is 3.89. The van der Waals surface area contributed by atoms with Gasteiger partial charge >= 0.3 is 0 Å². The Morgan fingerprint density at radius 3 is 2.64 bits per heavy atom. The standard InChI is InChI=1S/C16H17N5O2.C2H6/c17-11-4-6-12(7-5-11)23-16-14-15(18-9-19-16)21(10-20-14)13-3-1-2-8-22-13;1-2/h4-7,9-10,13H,1-3,8,17H2;1-2H3. The Hall–Kier alpha value is -2.67. The fourth-order valence-corrected chi connectivity index (χ4v) is 2.71. The Bertz CT molecular complexity index is 810. The van der Waals surface area contributed by atoms with E-state index in [2.05, 4.69) is 15.0 Å². The number of hydrogen-bond donors (Lipinski definition) is 1. The van der Waals surface area contributed by atoms with Crippen molar-refractivity contribution in [2.75, 3.05) is 12.3 Å². The van der Waals surface area contributed by atoms with Crippen molar-refractivity contribution in [3.63, 3.8) is 0 Å². The van der Waals surface area contributed by atoms with E-state index in [0.29, 0.717) is 22.8 Å². The minimum Gasteiger partial charge on any atom is -0.437 e. The van der Waals surface area contributed by atoms with Crippen LogP contribution in [0.3, 0.4) is 0 Å². The van der Waals surface area contributed by atoms with Crippen LogP contribution in [0, 0.1) is 0 Å². The van der Waals surface area contributed by atoms with Crippen LogP contribution in [0.2, 0.25) is 0 Å². The minimum atomic E-state index is -0.0203. The highest BCUT2D eigenvalue weighted by atomic mass is 16.5. The number of rotatable bonds is 3. The quantitative estimate of drug-likeness (QED) is 0.726. The number of imidazole rings is 1. The van der Waals surface area contributed by atoms with Gasteiger partial charge in [-0.05, 0) is 43.5 Å². The zero-order chi connectivity index (χ0) is 17.6. The molecule has 1 saturated heterocycles. The molecule has 7 heteroatoms. The van der Waals surface area contributed by atoms with Gasteiger partial charge < -0.3 is 15.2 Å². The van der Waals surface area contributed by atoms with Crippen molar-refractivity contribution in [2.24, 2.45) is 0 Å². The van der Waals surface area contributed by atoms with Gasteiger partial charge in [0.05, 0.1) is 6.33 Å². The highest BCUT2D eigenvalue weighted by Crippen LogP contribution is 2.30. The van der Waals surface area contributed by atoms with Crippen molar-refractivity contribution < 1.29 is 9.47 Å². The molecule has 132 valence electrons. The number of ether oxygens (including phenoxy) is 2. The molecule has 1 fully saturated rings. The van der Waals surface area contributed by atoms with Crippen LogP contribution in [0.15, 0.2) is 36.9 Å². The summed E-state index contributed by atoms with van der Waals surface area (Å²) >= 11 is 0. The van der Waals surface area contributed by atoms with Gasteiger partial charge in [0.1, 0.15) is 18.3 Å². The second-order valence-corrected chi connectivity index (χ2v) is 5.50. The molecule has 0 aliphatic carbocycles. The first-order valence-corrected chi connectivity index (χ1v) is 8.64. The molecule has 25 heavy (non-hydrogen) atoms. The Kier molecular flexibility index (Phi) is 5.45. The van der Waals surface area contributed by atoms with Crippen molar-refractivity contribution in [3.8, 4) is 11.6 Å². The van der Waals surface area contributed by atoms with E-state index in [1.54, 1.807) is 30.6 Å². The molecule has 0 amide bonds. The average Bonchev–Trinajstić information content (AvgIpc) is 3.11. The Balaban J connectivity index is 0.000000880. The van der Waals surface area contributed by atoms with E-state index in [1.807, 2.05) is 18.4 Å². The maximum Gasteiger partial charge on any atom is 0.250 e. The van der Waals surface area contributed by atoms with Crippen LogP contribution in [0.1, 0.15) is 39.3 Å². The topological polar surface area (TPSA) is 88.1 Å². The van der Waals surface area contributed by atoms with Gasteiger partial charge in [0.2, 0.25) is 0 Å². The largest absolute Gasteiger partial charge is 0.437 e. The highest BCUT2D eigenvalue weighted by Gasteiger charge is 2.20. The smallest absolute Gasteiger partial charge is 0.250 e. The van der Waals surface area contributed by atoms with Crippen molar-refractivity contribution in [1.82, 2.24) is 19.5 Å². The lowest BCUT2D eigenvalue weighted by molar-refractivity contribution is -0.0298. The summed E-state index contributed by atoms with van der Waals surface area (Å²) in [4.78, 5) is 13.0. The molecular formula is C18H23N5O2. The number of anilines is 1. The maximum absolute atomic E-state index is 5.82. The van der Waals surface area contributed by atoms with Gasteiger partial charge in [-0.15, -0.1) is 0 Å². The van der Waals surface area contributed by atoms with E-state index in [0.717, 1.165) is 31.5 Å². The summed E-state index contributed by atoms with van der Waals surface area (Å²) in [6, 6.07) is 7.15. The van der Waals surface area contributed by atoms with Gasteiger partial charge in [0, 0.05) is 12.3 Å². The predicted octanol–water partition coefficient (Wildman–Crippen LogP) is 3.93. The molecule has 0 bridgehead atoms. The molecule has 1 aliphatic rings. The number of aromatic nitrogens is 4. The third kappa shape index (κ3) is 3.71. The van der Waals surface area contributed by atoms with Gasteiger partial charge in [-0.3, -0.25) is 4.57 Å². The zero-order valence-electron chi connectivity index (χ0n) is 14.6. The Labute approximate surface area is 146 Å². The molecule has 3 heterocycles. The number of hydrogen-bond acceptors (Lipinski definition) is 6. The third-order valence-electron chi connectivity index (χ3n) is 3.89. The summed E-state index contributed by atoms with van der Waals surface area (Å²) in [5.74, 6) is 1.08. The fraction of sp³-hybridized carbons (Fsp3) is 0.389. The molecule has 1 aromatic carbocycles. The monoisotopic (exact) mass is 341 g/mol. The van der Waals surface area contributed by atoms with E-state index >= 15 is 0 Å². The zero-order valence-corrected chi connectivity index (χ0v) is 14.6. The number of nitrogens with two attached hydrogens (primary N) is 1. The molecular weight excluding hydrogens is 318 g/mol. The van der Waals surface area contributed by atoms with Crippen LogP contribution in [0.4, 0.5) is 5.69 Å². The lowest BCUT2D eigenvalue weighted by Gasteiger charge is -2.23. The first-order valence-electron chi connectivity index (χ1n) is 8.64. The van der Waals surface area contributed by atoms with Gasteiger partial charge in [-0.2, -0.15) is 4.98 Å². The normalized spacial score (nSPS) is 17.0. The second-order valence-electron chi connectivity index (χ2n) is 5.50. The van der Waals surface area contributed by atoms with Crippen molar-refractivity contribution in [1.29, 1.82) is 0 Å². The van der Waals surface area contributed by atoms with E-state index in [9.17, 15) is 0 Å².